The molecule has 1 rings (SSSR count). The molecule has 0 bridgehead atoms. The fourth-order valence-electron chi connectivity index (χ4n) is 2.09. The Labute approximate surface area is 97.2 Å². The molecule has 0 radical (unpaired) electrons. The van der Waals surface area contributed by atoms with Crippen LogP contribution in [-0.2, 0) is 9.53 Å². The lowest BCUT2D eigenvalue weighted by Gasteiger charge is -2.31. The van der Waals surface area contributed by atoms with Crippen LogP contribution >= 0.6 is 0 Å². The largest absolute Gasteiger partial charge is 0.466 e. The number of nitriles is 1. The van der Waals surface area contributed by atoms with E-state index in [-0.39, 0.29) is 11.9 Å². The van der Waals surface area contributed by atoms with Gasteiger partial charge in [0.05, 0.1) is 18.6 Å². The summed E-state index contributed by atoms with van der Waals surface area (Å²) in [5, 5.41) is 8.46. The maximum atomic E-state index is 11.6. The van der Waals surface area contributed by atoms with Gasteiger partial charge in [-0.15, -0.1) is 0 Å². The van der Waals surface area contributed by atoms with Crippen LogP contribution in [-0.4, -0.2) is 37.1 Å². The van der Waals surface area contributed by atoms with E-state index in [4.69, 9.17) is 10.00 Å². The average Bonchev–Trinajstić information content (AvgIpc) is 2.30. The number of unbranched alkanes of at least 4 members (excludes halogenated alkanes) is 1. The molecule has 0 aromatic heterocycles. The van der Waals surface area contributed by atoms with Crippen LogP contribution in [0.25, 0.3) is 0 Å². The molecule has 0 aromatic carbocycles. The zero-order valence-electron chi connectivity index (χ0n) is 9.95. The molecule has 0 N–H and O–H groups in total. The minimum Gasteiger partial charge on any atom is -0.466 e. The Hall–Kier alpha value is -1.08. The van der Waals surface area contributed by atoms with Crippen molar-refractivity contribution in [1.82, 2.24) is 4.90 Å². The highest BCUT2D eigenvalue weighted by molar-refractivity contribution is 5.72. The van der Waals surface area contributed by atoms with Crippen LogP contribution in [0.4, 0.5) is 0 Å². The summed E-state index contributed by atoms with van der Waals surface area (Å²) in [7, 11) is 0. The van der Waals surface area contributed by atoms with Gasteiger partial charge >= 0.3 is 5.97 Å². The van der Waals surface area contributed by atoms with Crippen LogP contribution in [0, 0.1) is 17.2 Å². The van der Waals surface area contributed by atoms with Gasteiger partial charge in [-0.3, -0.25) is 4.79 Å². The van der Waals surface area contributed by atoms with Crippen molar-refractivity contribution in [3.8, 4) is 6.07 Å². The van der Waals surface area contributed by atoms with E-state index in [1.165, 1.54) is 0 Å². The van der Waals surface area contributed by atoms with Crippen molar-refractivity contribution in [1.29, 1.82) is 5.26 Å². The molecule has 4 heteroatoms. The van der Waals surface area contributed by atoms with E-state index in [9.17, 15) is 4.79 Å². The fourth-order valence-corrected chi connectivity index (χ4v) is 2.09. The molecule has 0 saturated carbocycles. The van der Waals surface area contributed by atoms with Gasteiger partial charge < -0.3 is 9.64 Å². The molecule has 1 aliphatic heterocycles. The van der Waals surface area contributed by atoms with Gasteiger partial charge in [0.15, 0.2) is 0 Å². The van der Waals surface area contributed by atoms with Crippen LogP contribution in [0.3, 0.4) is 0 Å². The van der Waals surface area contributed by atoms with E-state index in [0.29, 0.717) is 13.0 Å². The van der Waals surface area contributed by atoms with E-state index >= 15 is 0 Å². The van der Waals surface area contributed by atoms with Gasteiger partial charge in [-0.05, 0) is 39.3 Å². The van der Waals surface area contributed by atoms with Gasteiger partial charge in [-0.2, -0.15) is 5.26 Å². The standard InChI is InChI=1S/C12H20N2O2/c1-2-16-12(15)11-6-5-9-14(10-11)8-4-3-7-13/h11H,2-6,8-10H2,1H3/t11-/m1/s1. The minimum atomic E-state index is -0.0625. The number of hydrogen-bond donors (Lipinski definition) is 0. The Morgan fingerprint density at radius 1 is 1.62 bits per heavy atom. The number of rotatable bonds is 5. The molecular formula is C12H20N2O2. The van der Waals surface area contributed by atoms with Crippen LogP contribution in [0.5, 0.6) is 0 Å². The van der Waals surface area contributed by atoms with Gasteiger partial charge in [0, 0.05) is 13.0 Å². The predicted molar refractivity (Wildman–Crippen MR) is 60.6 cm³/mol. The molecule has 4 nitrogen and oxygen atoms in total. The maximum absolute atomic E-state index is 11.6. The molecular weight excluding hydrogens is 204 g/mol. The number of carbonyl (C=O) groups excluding carboxylic acids is 1. The number of carbonyl (C=O) groups is 1. The number of ether oxygens (including phenoxy) is 1. The van der Waals surface area contributed by atoms with E-state index in [2.05, 4.69) is 11.0 Å². The minimum absolute atomic E-state index is 0.0378. The summed E-state index contributed by atoms with van der Waals surface area (Å²) in [4.78, 5) is 13.8. The molecule has 0 aliphatic carbocycles. The van der Waals surface area contributed by atoms with Crippen molar-refractivity contribution in [3.63, 3.8) is 0 Å². The third-order valence-electron chi connectivity index (χ3n) is 2.89. The first-order valence-electron chi connectivity index (χ1n) is 6.04. The lowest BCUT2D eigenvalue weighted by atomic mass is 9.98. The number of piperidine rings is 1. The zero-order chi connectivity index (χ0) is 11.8. The normalized spacial score (nSPS) is 21.4. The van der Waals surface area contributed by atoms with Crippen molar-refractivity contribution >= 4 is 5.97 Å². The molecule has 16 heavy (non-hydrogen) atoms. The summed E-state index contributed by atoms with van der Waals surface area (Å²) >= 11 is 0. The second-order valence-electron chi connectivity index (χ2n) is 4.15. The third kappa shape index (κ3) is 4.19. The van der Waals surface area contributed by atoms with Crippen molar-refractivity contribution in [3.05, 3.63) is 0 Å². The first-order chi connectivity index (χ1) is 7.77. The lowest BCUT2D eigenvalue weighted by Crippen LogP contribution is -2.39. The maximum Gasteiger partial charge on any atom is 0.310 e. The Morgan fingerprint density at radius 3 is 3.12 bits per heavy atom. The van der Waals surface area contributed by atoms with Crippen LogP contribution in [0.15, 0.2) is 0 Å². The number of esters is 1. The quantitative estimate of drug-likeness (QED) is 0.525. The monoisotopic (exact) mass is 224 g/mol. The SMILES string of the molecule is CCOC(=O)[C@@H]1CCCN(CCCC#N)C1. The molecule has 0 spiro atoms. The van der Waals surface area contributed by atoms with Crippen molar-refractivity contribution in [2.45, 2.75) is 32.6 Å². The summed E-state index contributed by atoms with van der Waals surface area (Å²) in [6.45, 7) is 5.06. The first kappa shape index (κ1) is 13.0. The molecule has 1 fully saturated rings. The molecule has 1 atom stereocenters. The average molecular weight is 224 g/mol. The van der Waals surface area contributed by atoms with Gasteiger partial charge in [0.2, 0.25) is 0 Å². The molecule has 0 unspecified atom stereocenters. The second-order valence-corrected chi connectivity index (χ2v) is 4.15. The van der Waals surface area contributed by atoms with Crippen LogP contribution < -0.4 is 0 Å². The van der Waals surface area contributed by atoms with Crippen LogP contribution in [0.2, 0.25) is 0 Å². The lowest BCUT2D eigenvalue weighted by molar-refractivity contribution is -0.149. The highest BCUT2D eigenvalue weighted by atomic mass is 16.5. The van der Waals surface area contributed by atoms with Crippen molar-refractivity contribution < 1.29 is 9.53 Å². The Balaban J connectivity index is 2.29. The summed E-state index contributed by atoms with van der Waals surface area (Å²) in [5.74, 6) is -0.0248. The molecule has 0 amide bonds. The van der Waals surface area contributed by atoms with Gasteiger partial charge in [0.1, 0.15) is 0 Å². The molecule has 1 saturated heterocycles. The van der Waals surface area contributed by atoms with Gasteiger partial charge in [-0.1, -0.05) is 0 Å². The first-order valence-corrected chi connectivity index (χ1v) is 6.04. The molecule has 90 valence electrons. The fraction of sp³-hybridized carbons (Fsp3) is 0.833. The van der Waals surface area contributed by atoms with Crippen molar-refractivity contribution in [2.24, 2.45) is 5.92 Å². The smallest absolute Gasteiger partial charge is 0.310 e. The Kier molecular flexibility index (Phi) is 5.87. The third-order valence-corrected chi connectivity index (χ3v) is 2.89. The Morgan fingerprint density at radius 2 is 2.44 bits per heavy atom. The van der Waals surface area contributed by atoms with E-state index < -0.39 is 0 Å². The molecule has 0 aromatic rings. The van der Waals surface area contributed by atoms with E-state index in [0.717, 1.165) is 38.9 Å². The van der Waals surface area contributed by atoms with Gasteiger partial charge in [0.25, 0.3) is 0 Å². The topological polar surface area (TPSA) is 53.3 Å². The second kappa shape index (κ2) is 7.24. The summed E-state index contributed by atoms with van der Waals surface area (Å²) < 4.78 is 5.04. The molecule has 1 aliphatic rings. The Bertz CT molecular complexity index is 260. The van der Waals surface area contributed by atoms with E-state index in [1.54, 1.807) is 0 Å². The zero-order valence-corrected chi connectivity index (χ0v) is 9.95. The summed E-state index contributed by atoms with van der Waals surface area (Å²) in [6, 6.07) is 2.14. The highest BCUT2D eigenvalue weighted by Gasteiger charge is 2.26. The number of hydrogen-bond acceptors (Lipinski definition) is 4. The molecule has 1 heterocycles. The predicted octanol–water partition coefficient (Wildman–Crippen LogP) is 1.57. The van der Waals surface area contributed by atoms with Crippen LogP contribution in [0.1, 0.15) is 32.6 Å². The van der Waals surface area contributed by atoms with E-state index in [1.807, 2.05) is 6.92 Å². The highest BCUT2D eigenvalue weighted by Crippen LogP contribution is 2.18. The number of likely N-dealkylation sites (tertiary alicyclic amines) is 1. The van der Waals surface area contributed by atoms with Crippen molar-refractivity contribution in [2.75, 3.05) is 26.2 Å². The summed E-state index contributed by atoms with van der Waals surface area (Å²) in [5.41, 5.74) is 0. The number of nitrogens with zero attached hydrogens (tertiary/aromatic N) is 2. The summed E-state index contributed by atoms with van der Waals surface area (Å²) in [6.07, 6.45) is 3.48. The van der Waals surface area contributed by atoms with Gasteiger partial charge in [-0.25, -0.2) is 0 Å².